The van der Waals surface area contributed by atoms with Gasteiger partial charge in [0, 0.05) is 18.1 Å². The largest absolute Gasteiger partial charge is 0.445 e. The number of sulfonamides is 1. The Kier molecular flexibility index (Phi) is 6.01. The molecule has 148 valence electrons. The highest BCUT2D eigenvalue weighted by atomic mass is 32.2. The Morgan fingerprint density at radius 1 is 1.15 bits per heavy atom. The van der Waals surface area contributed by atoms with Crippen molar-refractivity contribution in [2.45, 2.75) is 50.4 Å². The number of hydrogen-bond acceptors (Lipinski definition) is 5. The molecule has 2 amide bonds. The Morgan fingerprint density at radius 3 is 2.37 bits per heavy atom. The third kappa shape index (κ3) is 5.20. The molecule has 0 aromatic heterocycles. The standard InChI is InChI=1S/C18H25N3O5S/c1-27(24,25)21-15-7-8-16(21)10-14(9-15)20-17(22)11-19-18(23)26-12-13-5-3-2-4-6-13/h2-6,14-16H,7-12H2,1H3,(H,19,23)(H,20,22)/t15-,16-/m0/s1. The smallest absolute Gasteiger partial charge is 0.407 e. The van der Waals surface area contributed by atoms with E-state index < -0.39 is 16.1 Å². The van der Waals surface area contributed by atoms with E-state index in [1.165, 1.54) is 6.26 Å². The summed E-state index contributed by atoms with van der Waals surface area (Å²) in [5.74, 6) is -0.302. The van der Waals surface area contributed by atoms with Gasteiger partial charge in [0.2, 0.25) is 15.9 Å². The summed E-state index contributed by atoms with van der Waals surface area (Å²) in [7, 11) is -3.22. The summed E-state index contributed by atoms with van der Waals surface area (Å²) in [4.78, 5) is 23.8. The van der Waals surface area contributed by atoms with Gasteiger partial charge in [0.1, 0.15) is 13.2 Å². The lowest BCUT2D eigenvalue weighted by molar-refractivity contribution is -0.121. The van der Waals surface area contributed by atoms with Crippen LogP contribution in [0, 0.1) is 0 Å². The number of piperidine rings is 1. The van der Waals surface area contributed by atoms with Gasteiger partial charge in [-0.2, -0.15) is 4.31 Å². The predicted molar refractivity (Wildman–Crippen MR) is 99.3 cm³/mol. The Bertz CT molecular complexity index is 769. The van der Waals surface area contributed by atoms with Gasteiger partial charge in [-0.05, 0) is 31.2 Å². The molecule has 2 saturated heterocycles. The number of hydrogen-bond donors (Lipinski definition) is 2. The molecule has 2 aliphatic heterocycles. The van der Waals surface area contributed by atoms with Crippen LogP contribution in [0.5, 0.6) is 0 Å². The van der Waals surface area contributed by atoms with E-state index in [0.29, 0.717) is 12.8 Å². The van der Waals surface area contributed by atoms with E-state index in [2.05, 4.69) is 10.6 Å². The molecule has 0 aliphatic carbocycles. The van der Waals surface area contributed by atoms with Crippen molar-refractivity contribution in [3.63, 3.8) is 0 Å². The van der Waals surface area contributed by atoms with E-state index in [1.807, 2.05) is 30.3 Å². The van der Waals surface area contributed by atoms with Crippen molar-refractivity contribution in [3.8, 4) is 0 Å². The SMILES string of the molecule is CS(=O)(=O)N1[C@H]2CC[C@H]1CC(NC(=O)CNC(=O)OCc1ccccc1)C2. The second-order valence-electron chi connectivity index (χ2n) is 7.13. The highest BCUT2D eigenvalue weighted by Gasteiger charge is 2.45. The molecule has 1 aromatic carbocycles. The average molecular weight is 395 g/mol. The molecule has 8 nitrogen and oxygen atoms in total. The van der Waals surface area contributed by atoms with Crippen molar-refractivity contribution in [2.24, 2.45) is 0 Å². The van der Waals surface area contributed by atoms with Gasteiger partial charge in [-0.15, -0.1) is 0 Å². The Balaban J connectivity index is 1.39. The van der Waals surface area contributed by atoms with Crippen LogP contribution in [0.3, 0.4) is 0 Å². The maximum atomic E-state index is 12.1. The van der Waals surface area contributed by atoms with Crippen LogP contribution in [0.2, 0.25) is 0 Å². The molecule has 2 bridgehead atoms. The molecule has 2 fully saturated rings. The molecular formula is C18H25N3O5S. The van der Waals surface area contributed by atoms with Gasteiger partial charge >= 0.3 is 6.09 Å². The van der Waals surface area contributed by atoms with E-state index in [1.54, 1.807) is 4.31 Å². The zero-order valence-electron chi connectivity index (χ0n) is 15.3. The number of fused-ring (bicyclic) bond motifs is 2. The van der Waals surface area contributed by atoms with Crippen LogP contribution >= 0.6 is 0 Å². The highest BCUT2D eigenvalue weighted by molar-refractivity contribution is 7.88. The van der Waals surface area contributed by atoms with Crippen LogP contribution < -0.4 is 10.6 Å². The van der Waals surface area contributed by atoms with E-state index in [9.17, 15) is 18.0 Å². The Hall–Kier alpha value is -2.13. The quantitative estimate of drug-likeness (QED) is 0.747. The van der Waals surface area contributed by atoms with Crippen molar-refractivity contribution in [1.29, 1.82) is 0 Å². The summed E-state index contributed by atoms with van der Waals surface area (Å²) in [5, 5.41) is 5.32. The van der Waals surface area contributed by atoms with Gasteiger partial charge < -0.3 is 15.4 Å². The van der Waals surface area contributed by atoms with Crippen molar-refractivity contribution < 1.29 is 22.7 Å². The van der Waals surface area contributed by atoms with E-state index in [-0.39, 0.29) is 37.2 Å². The number of rotatable bonds is 6. The van der Waals surface area contributed by atoms with Gasteiger partial charge in [-0.1, -0.05) is 30.3 Å². The zero-order valence-corrected chi connectivity index (χ0v) is 16.1. The summed E-state index contributed by atoms with van der Waals surface area (Å²) >= 11 is 0. The molecule has 2 atom stereocenters. The third-order valence-corrected chi connectivity index (χ3v) is 6.38. The first-order valence-corrected chi connectivity index (χ1v) is 10.9. The topological polar surface area (TPSA) is 105 Å². The van der Waals surface area contributed by atoms with Gasteiger partial charge in [-0.3, -0.25) is 4.79 Å². The van der Waals surface area contributed by atoms with E-state index >= 15 is 0 Å². The molecule has 2 heterocycles. The summed E-state index contributed by atoms with van der Waals surface area (Å²) in [6.07, 6.45) is 3.45. The number of benzene rings is 1. The van der Waals surface area contributed by atoms with Gasteiger partial charge in [0.05, 0.1) is 6.26 Å². The highest BCUT2D eigenvalue weighted by Crippen LogP contribution is 2.37. The Labute approximate surface area is 159 Å². The average Bonchev–Trinajstić information content (AvgIpc) is 2.91. The van der Waals surface area contributed by atoms with Gasteiger partial charge in [0.25, 0.3) is 0 Å². The van der Waals surface area contributed by atoms with Crippen LogP contribution in [0.4, 0.5) is 4.79 Å². The van der Waals surface area contributed by atoms with Crippen molar-refractivity contribution in [2.75, 3.05) is 12.8 Å². The minimum Gasteiger partial charge on any atom is -0.445 e. The predicted octanol–water partition coefficient (Wildman–Crippen LogP) is 0.984. The molecule has 1 aromatic rings. The first-order chi connectivity index (χ1) is 12.8. The molecule has 2 N–H and O–H groups in total. The van der Waals surface area contributed by atoms with E-state index in [0.717, 1.165) is 18.4 Å². The number of carbonyl (C=O) groups excluding carboxylic acids is 2. The maximum Gasteiger partial charge on any atom is 0.407 e. The summed E-state index contributed by atoms with van der Waals surface area (Å²) in [6, 6.07) is 9.10. The number of nitrogens with zero attached hydrogens (tertiary/aromatic N) is 1. The lowest BCUT2D eigenvalue weighted by atomic mass is 10.00. The fraction of sp³-hybridized carbons (Fsp3) is 0.556. The molecule has 3 rings (SSSR count). The van der Waals surface area contributed by atoms with Crippen LogP contribution in [0.1, 0.15) is 31.2 Å². The molecule has 9 heteroatoms. The molecular weight excluding hydrogens is 370 g/mol. The summed E-state index contributed by atoms with van der Waals surface area (Å²) in [5.41, 5.74) is 0.866. The number of carbonyl (C=O) groups is 2. The monoisotopic (exact) mass is 395 g/mol. The fourth-order valence-corrected chi connectivity index (χ4v) is 5.46. The third-order valence-electron chi connectivity index (χ3n) is 5.02. The van der Waals surface area contributed by atoms with Gasteiger partial charge in [-0.25, -0.2) is 13.2 Å². The molecule has 0 spiro atoms. The second kappa shape index (κ2) is 8.26. The van der Waals surface area contributed by atoms with Crippen LogP contribution in [-0.2, 0) is 26.2 Å². The summed E-state index contributed by atoms with van der Waals surface area (Å²) < 4.78 is 30.4. The van der Waals surface area contributed by atoms with Crippen molar-refractivity contribution in [3.05, 3.63) is 35.9 Å². The number of amides is 2. The van der Waals surface area contributed by atoms with Crippen LogP contribution in [0.25, 0.3) is 0 Å². The fourth-order valence-electron chi connectivity index (χ4n) is 4.00. The lowest BCUT2D eigenvalue weighted by Gasteiger charge is -2.37. The zero-order chi connectivity index (χ0) is 19.4. The Morgan fingerprint density at radius 2 is 1.78 bits per heavy atom. The molecule has 0 radical (unpaired) electrons. The lowest BCUT2D eigenvalue weighted by Crippen LogP contribution is -2.53. The summed E-state index contributed by atoms with van der Waals surface area (Å²) in [6.45, 7) is -0.0309. The van der Waals surface area contributed by atoms with E-state index in [4.69, 9.17) is 4.74 Å². The first-order valence-electron chi connectivity index (χ1n) is 9.05. The molecule has 2 aliphatic rings. The molecule has 27 heavy (non-hydrogen) atoms. The molecule has 0 unspecified atom stereocenters. The molecule has 0 saturated carbocycles. The number of alkyl carbamates (subject to hydrolysis) is 1. The minimum atomic E-state index is -3.22. The van der Waals surface area contributed by atoms with Gasteiger partial charge in [0.15, 0.2) is 0 Å². The van der Waals surface area contributed by atoms with Crippen LogP contribution in [-0.4, -0.2) is 55.6 Å². The second-order valence-corrected chi connectivity index (χ2v) is 9.02. The number of nitrogens with one attached hydrogen (secondary N) is 2. The first kappa shape index (κ1) is 19.6. The van der Waals surface area contributed by atoms with Crippen LogP contribution in [0.15, 0.2) is 30.3 Å². The maximum absolute atomic E-state index is 12.1. The minimum absolute atomic E-state index is 0.0483. The number of ether oxygens (including phenoxy) is 1. The van der Waals surface area contributed by atoms with Crippen molar-refractivity contribution >= 4 is 22.0 Å². The van der Waals surface area contributed by atoms with Crippen molar-refractivity contribution in [1.82, 2.24) is 14.9 Å². The normalized spacial score (nSPS) is 25.0.